The third-order valence-corrected chi connectivity index (χ3v) is 3.49. The predicted molar refractivity (Wildman–Crippen MR) is 64.2 cm³/mol. The molecular formula is C13H17NO4. The molecule has 0 aromatic carbocycles. The van der Waals surface area contributed by atoms with Gasteiger partial charge >= 0.3 is 5.97 Å². The topological polar surface area (TPSA) is 79.5 Å². The van der Waals surface area contributed by atoms with E-state index < -0.39 is 5.97 Å². The number of carboxylic acids is 1. The number of rotatable bonds is 4. The monoisotopic (exact) mass is 251 g/mol. The van der Waals surface area contributed by atoms with Crippen molar-refractivity contribution in [3.63, 3.8) is 0 Å². The molecule has 98 valence electrons. The molecule has 2 atom stereocenters. The number of furan rings is 1. The van der Waals surface area contributed by atoms with Crippen LogP contribution in [0.1, 0.15) is 35.4 Å². The van der Waals surface area contributed by atoms with Gasteiger partial charge < -0.3 is 14.8 Å². The van der Waals surface area contributed by atoms with E-state index in [1.165, 1.54) is 6.26 Å². The number of carbonyl (C=O) groups excluding carboxylic acids is 1. The Morgan fingerprint density at radius 2 is 2.28 bits per heavy atom. The Bertz CT molecular complexity index is 452. The molecule has 2 rings (SSSR count). The lowest BCUT2D eigenvalue weighted by Crippen LogP contribution is -2.32. The standard InChI is InChI=1S/C13H17NO4/c1-8-5-10(7-18-8)12(15)14-6-9-3-2-4-11(9)13(16)17/h5,7,9,11H,2-4,6H2,1H3,(H,14,15)(H,16,17). The number of carboxylic acid groups (broad SMARTS) is 1. The predicted octanol–water partition coefficient (Wildman–Crippen LogP) is 1.82. The Balaban J connectivity index is 1.88. The molecule has 0 bridgehead atoms. The summed E-state index contributed by atoms with van der Waals surface area (Å²) < 4.78 is 5.06. The van der Waals surface area contributed by atoms with Gasteiger partial charge in [-0.1, -0.05) is 6.42 Å². The van der Waals surface area contributed by atoms with Gasteiger partial charge in [0.1, 0.15) is 12.0 Å². The van der Waals surface area contributed by atoms with E-state index in [9.17, 15) is 9.59 Å². The quantitative estimate of drug-likeness (QED) is 0.855. The van der Waals surface area contributed by atoms with Gasteiger partial charge in [-0.2, -0.15) is 0 Å². The molecule has 1 aliphatic rings. The van der Waals surface area contributed by atoms with Gasteiger partial charge in [-0.15, -0.1) is 0 Å². The third-order valence-electron chi connectivity index (χ3n) is 3.49. The van der Waals surface area contributed by atoms with Crippen molar-refractivity contribution in [2.75, 3.05) is 6.54 Å². The van der Waals surface area contributed by atoms with Gasteiger partial charge in [-0.25, -0.2) is 0 Å². The molecule has 1 aromatic rings. The van der Waals surface area contributed by atoms with E-state index in [-0.39, 0.29) is 17.7 Å². The van der Waals surface area contributed by atoms with E-state index in [1.807, 2.05) is 0 Å². The molecular weight excluding hydrogens is 234 g/mol. The first kappa shape index (κ1) is 12.7. The van der Waals surface area contributed by atoms with Crippen LogP contribution in [0.4, 0.5) is 0 Å². The van der Waals surface area contributed by atoms with Crippen LogP contribution in [0, 0.1) is 18.8 Å². The fourth-order valence-corrected chi connectivity index (χ4v) is 2.49. The van der Waals surface area contributed by atoms with Crippen LogP contribution in [0.2, 0.25) is 0 Å². The summed E-state index contributed by atoms with van der Waals surface area (Å²) in [4.78, 5) is 22.8. The van der Waals surface area contributed by atoms with Crippen LogP contribution in [0.25, 0.3) is 0 Å². The van der Waals surface area contributed by atoms with E-state index in [0.717, 1.165) is 12.8 Å². The summed E-state index contributed by atoms with van der Waals surface area (Å²) in [6.07, 6.45) is 3.90. The van der Waals surface area contributed by atoms with Crippen molar-refractivity contribution in [1.82, 2.24) is 5.32 Å². The summed E-state index contributed by atoms with van der Waals surface area (Å²) in [5, 5.41) is 11.8. The minimum absolute atomic E-state index is 0.0412. The van der Waals surface area contributed by atoms with E-state index >= 15 is 0 Å². The number of aryl methyl sites for hydroxylation is 1. The second-order valence-corrected chi connectivity index (χ2v) is 4.79. The zero-order valence-electron chi connectivity index (χ0n) is 10.3. The zero-order chi connectivity index (χ0) is 13.1. The Kier molecular flexibility index (Phi) is 3.69. The lowest BCUT2D eigenvalue weighted by atomic mass is 9.96. The first-order chi connectivity index (χ1) is 8.58. The van der Waals surface area contributed by atoms with Crippen molar-refractivity contribution < 1.29 is 19.1 Å². The maximum atomic E-state index is 11.8. The molecule has 0 aliphatic heterocycles. The fraction of sp³-hybridized carbons (Fsp3) is 0.538. The van der Waals surface area contributed by atoms with Crippen molar-refractivity contribution in [2.45, 2.75) is 26.2 Å². The molecule has 1 amide bonds. The van der Waals surface area contributed by atoms with Gasteiger partial charge in [0.2, 0.25) is 0 Å². The maximum Gasteiger partial charge on any atom is 0.306 e. The molecule has 1 saturated carbocycles. The van der Waals surface area contributed by atoms with Crippen LogP contribution in [-0.2, 0) is 4.79 Å². The number of hydrogen-bond donors (Lipinski definition) is 2. The smallest absolute Gasteiger partial charge is 0.306 e. The average molecular weight is 251 g/mol. The van der Waals surface area contributed by atoms with E-state index in [0.29, 0.717) is 24.3 Å². The maximum absolute atomic E-state index is 11.8. The number of nitrogens with one attached hydrogen (secondary N) is 1. The molecule has 0 radical (unpaired) electrons. The highest BCUT2D eigenvalue weighted by Crippen LogP contribution is 2.31. The average Bonchev–Trinajstić information content (AvgIpc) is 2.94. The van der Waals surface area contributed by atoms with Crippen molar-refractivity contribution in [1.29, 1.82) is 0 Å². The van der Waals surface area contributed by atoms with Gasteiger partial charge in [0, 0.05) is 6.54 Å². The Morgan fingerprint density at radius 1 is 1.50 bits per heavy atom. The highest BCUT2D eigenvalue weighted by atomic mass is 16.4. The third kappa shape index (κ3) is 2.72. The molecule has 5 nitrogen and oxygen atoms in total. The molecule has 2 unspecified atom stereocenters. The molecule has 1 heterocycles. The lowest BCUT2D eigenvalue weighted by Gasteiger charge is -2.15. The van der Waals surface area contributed by atoms with Crippen LogP contribution in [0.5, 0.6) is 0 Å². The summed E-state index contributed by atoms with van der Waals surface area (Å²) in [6, 6.07) is 1.67. The second kappa shape index (κ2) is 5.25. The summed E-state index contributed by atoms with van der Waals surface area (Å²) >= 11 is 0. The molecule has 1 fully saturated rings. The van der Waals surface area contributed by atoms with Crippen molar-refractivity contribution in [3.8, 4) is 0 Å². The lowest BCUT2D eigenvalue weighted by molar-refractivity contribution is -0.142. The Labute approximate surface area is 105 Å². The van der Waals surface area contributed by atoms with Crippen molar-refractivity contribution >= 4 is 11.9 Å². The van der Waals surface area contributed by atoms with E-state index in [2.05, 4.69) is 5.32 Å². The SMILES string of the molecule is Cc1cc(C(=O)NCC2CCCC2C(=O)O)co1. The van der Waals surface area contributed by atoms with Gasteiger partial charge in [0.15, 0.2) is 0 Å². The molecule has 18 heavy (non-hydrogen) atoms. The zero-order valence-corrected chi connectivity index (χ0v) is 10.3. The van der Waals surface area contributed by atoms with Crippen LogP contribution in [0.3, 0.4) is 0 Å². The molecule has 1 aromatic heterocycles. The fourth-order valence-electron chi connectivity index (χ4n) is 2.49. The van der Waals surface area contributed by atoms with Gasteiger partial charge in [0.25, 0.3) is 5.91 Å². The van der Waals surface area contributed by atoms with Crippen molar-refractivity contribution in [2.24, 2.45) is 11.8 Å². The van der Waals surface area contributed by atoms with Crippen molar-refractivity contribution in [3.05, 3.63) is 23.7 Å². The van der Waals surface area contributed by atoms with Crippen LogP contribution >= 0.6 is 0 Å². The molecule has 0 saturated heterocycles. The van der Waals surface area contributed by atoms with Gasteiger partial charge in [0.05, 0.1) is 11.5 Å². The Morgan fingerprint density at radius 3 is 2.89 bits per heavy atom. The minimum atomic E-state index is -0.758. The highest BCUT2D eigenvalue weighted by Gasteiger charge is 2.32. The second-order valence-electron chi connectivity index (χ2n) is 4.79. The van der Waals surface area contributed by atoms with Gasteiger partial charge in [-0.3, -0.25) is 9.59 Å². The van der Waals surface area contributed by atoms with Crippen LogP contribution < -0.4 is 5.32 Å². The number of carbonyl (C=O) groups is 2. The largest absolute Gasteiger partial charge is 0.481 e. The van der Waals surface area contributed by atoms with Crippen LogP contribution in [0.15, 0.2) is 16.7 Å². The summed E-state index contributed by atoms with van der Waals surface area (Å²) in [6.45, 7) is 2.19. The Hall–Kier alpha value is -1.78. The van der Waals surface area contributed by atoms with Crippen LogP contribution in [-0.4, -0.2) is 23.5 Å². The molecule has 5 heteroatoms. The minimum Gasteiger partial charge on any atom is -0.481 e. The summed E-state index contributed by atoms with van der Waals surface area (Å²) in [7, 11) is 0. The molecule has 0 spiro atoms. The van der Waals surface area contributed by atoms with E-state index in [1.54, 1.807) is 13.0 Å². The number of amides is 1. The first-order valence-corrected chi connectivity index (χ1v) is 6.14. The van der Waals surface area contributed by atoms with E-state index in [4.69, 9.17) is 9.52 Å². The summed E-state index contributed by atoms with van der Waals surface area (Å²) in [5.41, 5.74) is 0.484. The normalized spacial score (nSPS) is 22.9. The first-order valence-electron chi connectivity index (χ1n) is 6.14. The number of aliphatic carboxylic acids is 1. The highest BCUT2D eigenvalue weighted by molar-refractivity contribution is 5.93. The van der Waals surface area contributed by atoms with Gasteiger partial charge in [-0.05, 0) is 31.7 Å². The molecule has 1 aliphatic carbocycles. The molecule has 2 N–H and O–H groups in total. The number of hydrogen-bond acceptors (Lipinski definition) is 3. The summed E-state index contributed by atoms with van der Waals surface area (Å²) in [5.74, 6) is -0.561.